The third kappa shape index (κ3) is 3.24. The molecule has 1 aromatic rings. The topological polar surface area (TPSA) is 83.7 Å². The van der Waals surface area contributed by atoms with Crippen molar-refractivity contribution in [1.29, 1.82) is 0 Å². The first kappa shape index (κ1) is 16.8. The fourth-order valence-corrected chi connectivity index (χ4v) is 3.66. The van der Waals surface area contributed by atoms with Gasteiger partial charge in [-0.2, -0.15) is 0 Å². The number of nitrogens with two attached hydrogens (primary N) is 1. The van der Waals surface area contributed by atoms with Crippen LogP contribution in [-0.2, 0) is 14.4 Å². The summed E-state index contributed by atoms with van der Waals surface area (Å²) in [7, 11) is 0. The summed E-state index contributed by atoms with van der Waals surface area (Å²) in [5.41, 5.74) is 5.96. The van der Waals surface area contributed by atoms with Crippen LogP contribution in [0.25, 0.3) is 0 Å². The first-order chi connectivity index (χ1) is 11.5. The van der Waals surface area contributed by atoms with E-state index < -0.39 is 0 Å². The van der Waals surface area contributed by atoms with Crippen LogP contribution in [0.3, 0.4) is 0 Å². The maximum Gasteiger partial charge on any atom is 0.228 e. The molecule has 0 bridgehead atoms. The number of rotatable bonds is 3. The maximum atomic E-state index is 12.7. The summed E-state index contributed by atoms with van der Waals surface area (Å²) in [6.07, 6.45) is 1.38. The number of hydrogen-bond acceptors (Lipinski definition) is 3. The van der Waals surface area contributed by atoms with Crippen LogP contribution in [-0.4, -0.2) is 42.3 Å². The summed E-state index contributed by atoms with van der Waals surface area (Å²) >= 11 is 6.16. The highest BCUT2D eigenvalue weighted by Gasteiger charge is 2.38. The summed E-state index contributed by atoms with van der Waals surface area (Å²) in [5, 5.41) is 0.501. The van der Waals surface area contributed by atoms with Gasteiger partial charge in [0.05, 0.1) is 16.6 Å². The molecule has 128 valence electrons. The zero-order valence-corrected chi connectivity index (χ0v) is 14.0. The Kier molecular flexibility index (Phi) is 4.76. The van der Waals surface area contributed by atoms with Crippen molar-refractivity contribution in [3.05, 3.63) is 29.3 Å². The third-order valence-electron chi connectivity index (χ3n) is 4.83. The van der Waals surface area contributed by atoms with Crippen LogP contribution in [0.1, 0.15) is 19.3 Å². The van der Waals surface area contributed by atoms with Crippen molar-refractivity contribution in [3.8, 4) is 0 Å². The average molecular weight is 350 g/mol. The van der Waals surface area contributed by atoms with Gasteiger partial charge in [-0.1, -0.05) is 23.7 Å². The lowest BCUT2D eigenvalue weighted by Crippen LogP contribution is -2.44. The molecule has 0 aliphatic carbocycles. The molecule has 2 saturated heterocycles. The number of anilines is 1. The molecule has 0 radical (unpaired) electrons. The van der Waals surface area contributed by atoms with Crippen molar-refractivity contribution in [2.24, 2.45) is 17.6 Å². The molecule has 7 heteroatoms. The lowest BCUT2D eigenvalue weighted by molar-refractivity contribution is -0.138. The largest absolute Gasteiger partial charge is 0.369 e. The Morgan fingerprint density at radius 3 is 2.42 bits per heavy atom. The molecule has 3 amide bonds. The summed E-state index contributed by atoms with van der Waals surface area (Å²) in [6, 6.07) is 7.13. The van der Waals surface area contributed by atoms with Gasteiger partial charge in [-0.25, -0.2) is 0 Å². The normalized spacial score (nSPS) is 22.0. The molecule has 2 aliphatic heterocycles. The Labute approximate surface area is 145 Å². The van der Waals surface area contributed by atoms with Crippen molar-refractivity contribution in [3.63, 3.8) is 0 Å². The van der Waals surface area contributed by atoms with Gasteiger partial charge in [-0.3, -0.25) is 14.4 Å². The number of nitrogens with zero attached hydrogens (tertiary/aromatic N) is 2. The molecule has 2 fully saturated rings. The van der Waals surface area contributed by atoms with Crippen LogP contribution in [0.2, 0.25) is 5.02 Å². The van der Waals surface area contributed by atoms with E-state index in [0.717, 1.165) is 0 Å². The highest BCUT2D eigenvalue weighted by atomic mass is 35.5. The fraction of sp³-hybridized carbons (Fsp3) is 0.471. The highest BCUT2D eigenvalue weighted by Crippen LogP contribution is 2.32. The van der Waals surface area contributed by atoms with Gasteiger partial charge in [-0.05, 0) is 25.0 Å². The van der Waals surface area contributed by atoms with E-state index in [4.69, 9.17) is 17.3 Å². The maximum absolute atomic E-state index is 12.7. The Morgan fingerprint density at radius 2 is 1.79 bits per heavy atom. The second kappa shape index (κ2) is 6.81. The van der Waals surface area contributed by atoms with Crippen molar-refractivity contribution < 1.29 is 14.4 Å². The van der Waals surface area contributed by atoms with Crippen LogP contribution in [0.4, 0.5) is 5.69 Å². The van der Waals surface area contributed by atoms with Gasteiger partial charge in [0.1, 0.15) is 0 Å². The van der Waals surface area contributed by atoms with Crippen LogP contribution < -0.4 is 10.6 Å². The van der Waals surface area contributed by atoms with E-state index in [1.807, 2.05) is 6.07 Å². The van der Waals surface area contributed by atoms with Gasteiger partial charge in [0.25, 0.3) is 0 Å². The Bertz CT molecular complexity index is 671. The lowest BCUT2D eigenvalue weighted by atomic mass is 9.95. The second-order valence-corrected chi connectivity index (χ2v) is 6.77. The Balaban J connectivity index is 1.65. The number of amides is 3. The van der Waals surface area contributed by atoms with Crippen LogP contribution in [0.15, 0.2) is 24.3 Å². The summed E-state index contributed by atoms with van der Waals surface area (Å²) in [6.45, 7) is 1.38. The summed E-state index contributed by atoms with van der Waals surface area (Å²) < 4.78 is 0. The molecule has 2 heterocycles. The van der Waals surface area contributed by atoms with Gasteiger partial charge in [0.15, 0.2) is 0 Å². The SMILES string of the molecule is NC(=O)C1CCN(C(=O)[C@@H]2CC(=O)N(c3ccccc3Cl)C2)CC1. The number of benzene rings is 1. The van der Waals surface area contributed by atoms with Gasteiger partial charge in [-0.15, -0.1) is 0 Å². The first-order valence-corrected chi connectivity index (χ1v) is 8.48. The zero-order chi connectivity index (χ0) is 17.3. The van der Waals surface area contributed by atoms with Gasteiger partial charge in [0, 0.05) is 32.0 Å². The minimum atomic E-state index is -0.362. The molecule has 2 N–H and O–H groups in total. The van der Waals surface area contributed by atoms with E-state index in [2.05, 4.69) is 0 Å². The van der Waals surface area contributed by atoms with E-state index in [1.54, 1.807) is 28.0 Å². The number of hydrogen-bond donors (Lipinski definition) is 1. The number of carbonyl (C=O) groups is 3. The van der Waals surface area contributed by atoms with E-state index in [0.29, 0.717) is 43.2 Å². The predicted molar refractivity (Wildman–Crippen MR) is 90.4 cm³/mol. The quantitative estimate of drug-likeness (QED) is 0.895. The lowest BCUT2D eigenvalue weighted by Gasteiger charge is -2.32. The molecule has 0 saturated carbocycles. The van der Waals surface area contributed by atoms with E-state index >= 15 is 0 Å². The number of para-hydroxylation sites is 1. The van der Waals surface area contributed by atoms with Gasteiger partial charge >= 0.3 is 0 Å². The van der Waals surface area contributed by atoms with E-state index in [9.17, 15) is 14.4 Å². The van der Waals surface area contributed by atoms with Crippen molar-refractivity contribution >= 4 is 35.0 Å². The number of carbonyl (C=O) groups excluding carboxylic acids is 3. The minimum Gasteiger partial charge on any atom is -0.369 e. The van der Waals surface area contributed by atoms with Crippen molar-refractivity contribution in [1.82, 2.24) is 4.90 Å². The van der Waals surface area contributed by atoms with E-state index in [1.165, 1.54) is 0 Å². The van der Waals surface area contributed by atoms with E-state index in [-0.39, 0.29) is 36.0 Å². The smallest absolute Gasteiger partial charge is 0.228 e. The second-order valence-electron chi connectivity index (χ2n) is 6.36. The van der Waals surface area contributed by atoms with Gasteiger partial charge in [0.2, 0.25) is 17.7 Å². The third-order valence-corrected chi connectivity index (χ3v) is 5.15. The molecule has 1 atom stereocenters. The average Bonchev–Trinajstić information content (AvgIpc) is 2.96. The molecule has 24 heavy (non-hydrogen) atoms. The van der Waals surface area contributed by atoms with Crippen molar-refractivity contribution in [2.75, 3.05) is 24.5 Å². The molecular weight excluding hydrogens is 330 g/mol. The number of likely N-dealkylation sites (tertiary alicyclic amines) is 1. The van der Waals surface area contributed by atoms with Crippen LogP contribution in [0, 0.1) is 11.8 Å². The fourth-order valence-electron chi connectivity index (χ4n) is 3.42. The molecule has 3 rings (SSSR count). The predicted octanol–water partition coefficient (Wildman–Crippen LogP) is 1.42. The minimum absolute atomic E-state index is 0.0270. The summed E-state index contributed by atoms with van der Waals surface area (Å²) in [4.78, 5) is 39.5. The number of halogens is 1. The molecular formula is C17H20ClN3O3. The monoisotopic (exact) mass is 349 g/mol. The molecule has 1 aromatic carbocycles. The van der Waals surface area contributed by atoms with Crippen LogP contribution in [0.5, 0.6) is 0 Å². The Morgan fingerprint density at radius 1 is 1.12 bits per heavy atom. The van der Waals surface area contributed by atoms with Crippen molar-refractivity contribution in [2.45, 2.75) is 19.3 Å². The number of primary amides is 1. The molecule has 6 nitrogen and oxygen atoms in total. The zero-order valence-electron chi connectivity index (χ0n) is 13.3. The molecule has 0 spiro atoms. The standard InChI is InChI=1S/C17H20ClN3O3/c18-13-3-1-2-4-14(13)21-10-12(9-15(21)22)17(24)20-7-5-11(6-8-20)16(19)23/h1-4,11-12H,5-10H2,(H2,19,23)/t12-/m1/s1. The molecule has 2 aliphatic rings. The summed E-state index contributed by atoms with van der Waals surface area (Å²) in [5.74, 6) is -0.935. The molecule has 0 aromatic heterocycles. The number of piperidine rings is 1. The van der Waals surface area contributed by atoms with Crippen LogP contribution >= 0.6 is 11.6 Å². The molecule has 0 unspecified atom stereocenters. The Hall–Kier alpha value is -2.08. The highest BCUT2D eigenvalue weighted by molar-refractivity contribution is 6.33. The van der Waals surface area contributed by atoms with Gasteiger partial charge < -0.3 is 15.5 Å². The first-order valence-electron chi connectivity index (χ1n) is 8.10.